The van der Waals surface area contributed by atoms with E-state index in [1.54, 1.807) is 26.3 Å². The van der Waals surface area contributed by atoms with Crippen molar-refractivity contribution >= 4 is 22.5 Å². The number of ether oxygens (including phenoxy) is 1. The van der Waals surface area contributed by atoms with Gasteiger partial charge in [0.05, 0.1) is 0 Å². The van der Waals surface area contributed by atoms with Gasteiger partial charge in [-0.1, -0.05) is 0 Å². The fraction of sp³-hybridized carbons (Fsp3) is 0.538. The molecule has 8 nitrogen and oxygen atoms in total. The molecule has 0 amide bonds. The molecule has 1 aliphatic rings. The van der Waals surface area contributed by atoms with Crippen molar-refractivity contribution in [3.8, 4) is 0 Å². The van der Waals surface area contributed by atoms with Crippen LogP contribution in [-0.2, 0) is 18.4 Å². The molecule has 1 saturated heterocycles. The van der Waals surface area contributed by atoms with Crippen LogP contribution in [0.25, 0.3) is 0 Å². The Morgan fingerprint density at radius 1 is 1.23 bits per heavy atom. The number of anilines is 2. The highest BCUT2D eigenvalue weighted by Gasteiger charge is 2.21. The maximum atomic E-state index is 11.4. The van der Waals surface area contributed by atoms with Crippen molar-refractivity contribution < 1.29 is 4.74 Å². The van der Waals surface area contributed by atoms with Crippen molar-refractivity contribution in [2.45, 2.75) is 6.61 Å². The van der Waals surface area contributed by atoms with Gasteiger partial charge in [-0.05, 0) is 6.07 Å². The molecule has 118 valence electrons. The minimum absolute atomic E-state index is 0.0954. The van der Waals surface area contributed by atoms with Gasteiger partial charge in [0, 0.05) is 57.9 Å². The Kier molecular flexibility index (Phi) is 4.34. The number of hydrogen-bond acceptors (Lipinski definition) is 8. The van der Waals surface area contributed by atoms with Crippen LogP contribution in [0.4, 0.5) is 10.9 Å². The minimum Gasteiger partial charge on any atom is -0.377 e. The predicted octanol–water partition coefficient (Wildman–Crippen LogP) is 0.105. The van der Waals surface area contributed by atoms with E-state index in [4.69, 9.17) is 4.74 Å². The summed E-state index contributed by atoms with van der Waals surface area (Å²) >= 11 is 1.40. The predicted molar refractivity (Wildman–Crippen MR) is 84.5 cm³/mol. The van der Waals surface area contributed by atoms with Crippen LogP contribution in [0, 0.1) is 0 Å². The Bertz CT molecular complexity index is 692. The molecule has 0 atom stereocenters. The molecule has 1 aliphatic heterocycles. The molecule has 0 radical (unpaired) electrons. The highest BCUT2D eigenvalue weighted by Crippen LogP contribution is 2.20. The summed E-state index contributed by atoms with van der Waals surface area (Å²) in [6, 6.07) is 3.33. The number of hydrogen-bond donors (Lipinski definition) is 0. The van der Waals surface area contributed by atoms with E-state index in [1.807, 2.05) is 0 Å². The first-order valence-electron chi connectivity index (χ1n) is 7.03. The van der Waals surface area contributed by atoms with E-state index in [-0.39, 0.29) is 5.56 Å². The van der Waals surface area contributed by atoms with E-state index in [2.05, 4.69) is 24.3 Å². The van der Waals surface area contributed by atoms with Crippen LogP contribution in [0.2, 0.25) is 0 Å². The van der Waals surface area contributed by atoms with Crippen molar-refractivity contribution in [3.63, 3.8) is 0 Å². The Morgan fingerprint density at radius 2 is 1.95 bits per heavy atom. The lowest BCUT2D eigenvalue weighted by Crippen LogP contribution is -2.47. The second-order valence-electron chi connectivity index (χ2n) is 5.05. The molecule has 0 saturated carbocycles. The van der Waals surface area contributed by atoms with Gasteiger partial charge in [-0.25, -0.2) is 9.67 Å². The molecule has 22 heavy (non-hydrogen) atoms. The number of nitrogens with zero attached hydrogens (tertiary/aromatic N) is 6. The fourth-order valence-corrected chi connectivity index (χ4v) is 3.07. The van der Waals surface area contributed by atoms with Gasteiger partial charge in [0.25, 0.3) is 5.56 Å². The summed E-state index contributed by atoms with van der Waals surface area (Å²) in [6.07, 6.45) is 0. The molecule has 0 aliphatic carbocycles. The highest BCUT2D eigenvalue weighted by molar-refractivity contribution is 7.09. The molecule has 0 spiro atoms. The number of methoxy groups -OCH3 is 1. The zero-order chi connectivity index (χ0) is 15.5. The summed E-state index contributed by atoms with van der Waals surface area (Å²) < 4.78 is 10.7. The van der Waals surface area contributed by atoms with Gasteiger partial charge in [0.2, 0.25) is 5.13 Å². The molecule has 0 N–H and O–H groups in total. The zero-order valence-corrected chi connectivity index (χ0v) is 13.4. The van der Waals surface area contributed by atoms with E-state index in [0.717, 1.165) is 43.0 Å². The zero-order valence-electron chi connectivity index (χ0n) is 12.6. The van der Waals surface area contributed by atoms with Crippen molar-refractivity contribution in [3.05, 3.63) is 28.3 Å². The third kappa shape index (κ3) is 3.09. The molecule has 2 aromatic rings. The Balaban J connectivity index is 1.64. The summed E-state index contributed by atoms with van der Waals surface area (Å²) in [5, 5.41) is 5.22. The van der Waals surface area contributed by atoms with Gasteiger partial charge >= 0.3 is 0 Å². The van der Waals surface area contributed by atoms with E-state index >= 15 is 0 Å². The molecule has 0 unspecified atom stereocenters. The highest BCUT2D eigenvalue weighted by atomic mass is 32.1. The van der Waals surface area contributed by atoms with Crippen LogP contribution >= 0.6 is 11.5 Å². The lowest BCUT2D eigenvalue weighted by molar-refractivity contribution is 0.179. The lowest BCUT2D eigenvalue weighted by atomic mass is 10.3. The third-order valence-corrected chi connectivity index (χ3v) is 4.37. The molecule has 9 heteroatoms. The van der Waals surface area contributed by atoms with Gasteiger partial charge in [-0.15, -0.1) is 0 Å². The van der Waals surface area contributed by atoms with Crippen LogP contribution in [0.1, 0.15) is 5.82 Å². The summed E-state index contributed by atoms with van der Waals surface area (Å²) in [4.78, 5) is 20.3. The van der Waals surface area contributed by atoms with Gasteiger partial charge in [0.15, 0.2) is 5.82 Å². The second kappa shape index (κ2) is 6.41. The van der Waals surface area contributed by atoms with Crippen molar-refractivity contribution in [1.29, 1.82) is 0 Å². The molecule has 3 heterocycles. The molecule has 0 bridgehead atoms. The summed E-state index contributed by atoms with van der Waals surface area (Å²) in [7, 11) is 3.31. The maximum Gasteiger partial charge on any atom is 0.266 e. The number of aryl methyl sites for hydroxylation is 1. The van der Waals surface area contributed by atoms with Crippen LogP contribution < -0.4 is 15.4 Å². The first kappa shape index (κ1) is 14.9. The average Bonchev–Trinajstić information content (AvgIpc) is 2.99. The van der Waals surface area contributed by atoms with Crippen molar-refractivity contribution in [1.82, 2.24) is 19.1 Å². The SMILES string of the molecule is COCc1nsc(N2CCN(c3ccc(=O)n(C)n3)CC2)n1. The van der Waals surface area contributed by atoms with Crippen molar-refractivity contribution in [2.75, 3.05) is 43.1 Å². The summed E-state index contributed by atoms with van der Waals surface area (Å²) in [5.74, 6) is 1.56. The largest absolute Gasteiger partial charge is 0.377 e. The molecule has 2 aromatic heterocycles. The first-order chi connectivity index (χ1) is 10.7. The molecular weight excluding hydrogens is 304 g/mol. The smallest absolute Gasteiger partial charge is 0.266 e. The summed E-state index contributed by atoms with van der Waals surface area (Å²) in [5.41, 5.74) is -0.0954. The Morgan fingerprint density at radius 3 is 2.64 bits per heavy atom. The third-order valence-electron chi connectivity index (χ3n) is 3.55. The Labute approximate surface area is 132 Å². The van der Waals surface area contributed by atoms with E-state index in [0.29, 0.717) is 6.61 Å². The van der Waals surface area contributed by atoms with Crippen LogP contribution in [0.3, 0.4) is 0 Å². The van der Waals surface area contributed by atoms with E-state index < -0.39 is 0 Å². The van der Waals surface area contributed by atoms with Gasteiger partial charge in [-0.2, -0.15) is 9.47 Å². The maximum absolute atomic E-state index is 11.4. The van der Waals surface area contributed by atoms with E-state index in [1.165, 1.54) is 16.2 Å². The molecular formula is C13H18N6O2S. The number of rotatable bonds is 4. The second-order valence-corrected chi connectivity index (χ2v) is 5.78. The molecule has 0 aromatic carbocycles. The van der Waals surface area contributed by atoms with Gasteiger partial charge < -0.3 is 14.5 Å². The van der Waals surface area contributed by atoms with Crippen LogP contribution in [0.15, 0.2) is 16.9 Å². The molecule has 3 rings (SSSR count). The minimum atomic E-state index is -0.0954. The standard InChI is InChI=1S/C13H18N6O2S/c1-17-12(20)4-3-11(15-17)18-5-7-19(8-6-18)13-14-10(9-21-2)16-22-13/h3-4H,5-9H2,1-2H3. The summed E-state index contributed by atoms with van der Waals surface area (Å²) in [6.45, 7) is 3.82. The van der Waals surface area contributed by atoms with Crippen LogP contribution in [-0.4, -0.2) is 52.4 Å². The number of aromatic nitrogens is 4. The topological polar surface area (TPSA) is 76.4 Å². The first-order valence-corrected chi connectivity index (χ1v) is 7.80. The van der Waals surface area contributed by atoms with Crippen LogP contribution in [0.5, 0.6) is 0 Å². The van der Waals surface area contributed by atoms with Gasteiger partial charge in [-0.3, -0.25) is 4.79 Å². The fourth-order valence-electron chi connectivity index (χ4n) is 2.35. The monoisotopic (exact) mass is 322 g/mol. The normalized spacial score (nSPS) is 15.4. The number of piperazine rings is 1. The quantitative estimate of drug-likeness (QED) is 0.790. The molecule has 1 fully saturated rings. The Hall–Kier alpha value is -2.00. The lowest BCUT2D eigenvalue weighted by Gasteiger charge is -2.34. The average molecular weight is 322 g/mol. The van der Waals surface area contributed by atoms with Gasteiger partial charge in [0.1, 0.15) is 12.4 Å². The van der Waals surface area contributed by atoms with Crippen molar-refractivity contribution in [2.24, 2.45) is 7.05 Å². The van der Waals surface area contributed by atoms with E-state index in [9.17, 15) is 4.79 Å².